The van der Waals surface area contributed by atoms with Crippen LogP contribution in [0.25, 0.3) is 10.9 Å². The number of carbonyl (C=O) groups is 1. The second-order valence-corrected chi connectivity index (χ2v) is 4.84. The largest absolute Gasteiger partial charge is 0.505 e. The Morgan fingerprint density at radius 2 is 1.90 bits per heavy atom. The third-order valence-corrected chi connectivity index (χ3v) is 3.52. The fourth-order valence-electron chi connectivity index (χ4n) is 2.48. The number of esters is 1. The number of hydrogen-bond acceptors (Lipinski definition) is 3. The van der Waals surface area contributed by atoms with Crippen LogP contribution < -0.4 is 0 Å². The van der Waals surface area contributed by atoms with Crippen molar-refractivity contribution in [2.24, 2.45) is 0 Å². The number of carbonyl (C=O) groups excluding carboxylic acids is 1. The number of benzene rings is 2. The van der Waals surface area contributed by atoms with E-state index >= 15 is 0 Å². The van der Waals surface area contributed by atoms with Gasteiger partial charge in [0.2, 0.25) is 0 Å². The summed E-state index contributed by atoms with van der Waals surface area (Å²) in [7, 11) is 1.29. The molecule has 4 nitrogen and oxygen atoms in total. The van der Waals surface area contributed by atoms with Gasteiger partial charge in [0.1, 0.15) is 0 Å². The van der Waals surface area contributed by atoms with Gasteiger partial charge < -0.3 is 14.8 Å². The number of nitrogens with one attached hydrogen (secondary N) is 1. The number of para-hydroxylation sites is 1. The molecule has 1 heterocycles. The SMILES string of the molecule is COC(=O)c1[nH]c2c(Cc3ccccc3)cccc2c1O. The second kappa shape index (κ2) is 5.32. The molecule has 0 fully saturated rings. The Morgan fingerprint density at radius 3 is 2.62 bits per heavy atom. The maximum Gasteiger partial charge on any atom is 0.358 e. The molecule has 0 aliphatic carbocycles. The molecule has 106 valence electrons. The highest BCUT2D eigenvalue weighted by molar-refractivity contribution is 6.01. The fourth-order valence-corrected chi connectivity index (χ4v) is 2.48. The van der Waals surface area contributed by atoms with E-state index in [0.29, 0.717) is 5.39 Å². The Hall–Kier alpha value is -2.75. The molecule has 0 spiro atoms. The van der Waals surface area contributed by atoms with Gasteiger partial charge in [0.15, 0.2) is 11.4 Å². The van der Waals surface area contributed by atoms with E-state index in [4.69, 9.17) is 0 Å². The first-order valence-corrected chi connectivity index (χ1v) is 6.65. The van der Waals surface area contributed by atoms with E-state index < -0.39 is 5.97 Å². The third-order valence-electron chi connectivity index (χ3n) is 3.52. The molecule has 0 aliphatic heterocycles. The lowest BCUT2D eigenvalue weighted by atomic mass is 10.0. The predicted molar refractivity (Wildman–Crippen MR) is 80.6 cm³/mol. The minimum atomic E-state index is -0.575. The topological polar surface area (TPSA) is 62.3 Å². The number of aromatic hydroxyl groups is 1. The zero-order chi connectivity index (χ0) is 14.8. The average molecular weight is 281 g/mol. The van der Waals surface area contributed by atoms with E-state index in [2.05, 4.69) is 9.72 Å². The summed E-state index contributed by atoms with van der Waals surface area (Å²) in [5, 5.41) is 10.8. The Balaban J connectivity index is 2.10. The molecular weight excluding hydrogens is 266 g/mol. The fraction of sp³-hybridized carbons (Fsp3) is 0.118. The minimum Gasteiger partial charge on any atom is -0.505 e. The Morgan fingerprint density at radius 1 is 1.14 bits per heavy atom. The van der Waals surface area contributed by atoms with E-state index in [-0.39, 0.29) is 11.4 Å². The van der Waals surface area contributed by atoms with Crippen molar-refractivity contribution in [1.29, 1.82) is 0 Å². The van der Waals surface area contributed by atoms with Crippen LogP contribution in [-0.4, -0.2) is 23.2 Å². The maximum atomic E-state index is 11.7. The molecule has 0 atom stereocenters. The van der Waals surface area contributed by atoms with Gasteiger partial charge in [-0.05, 0) is 23.6 Å². The lowest BCUT2D eigenvalue weighted by molar-refractivity contribution is 0.0592. The zero-order valence-electron chi connectivity index (χ0n) is 11.6. The van der Waals surface area contributed by atoms with E-state index in [9.17, 15) is 9.90 Å². The van der Waals surface area contributed by atoms with Crippen LogP contribution in [0.5, 0.6) is 5.75 Å². The van der Waals surface area contributed by atoms with Gasteiger partial charge in [0.25, 0.3) is 0 Å². The van der Waals surface area contributed by atoms with Gasteiger partial charge in [-0.25, -0.2) is 4.79 Å². The summed E-state index contributed by atoms with van der Waals surface area (Å²) in [4.78, 5) is 14.6. The van der Waals surface area contributed by atoms with Crippen molar-refractivity contribution in [3.63, 3.8) is 0 Å². The van der Waals surface area contributed by atoms with Crippen molar-refractivity contribution in [1.82, 2.24) is 4.98 Å². The predicted octanol–water partition coefficient (Wildman–Crippen LogP) is 3.25. The maximum absolute atomic E-state index is 11.7. The molecule has 21 heavy (non-hydrogen) atoms. The number of hydrogen-bond donors (Lipinski definition) is 2. The van der Waals surface area contributed by atoms with Crippen molar-refractivity contribution in [3.05, 3.63) is 65.4 Å². The van der Waals surface area contributed by atoms with Crippen molar-refractivity contribution in [2.75, 3.05) is 7.11 Å². The first-order valence-electron chi connectivity index (χ1n) is 6.65. The van der Waals surface area contributed by atoms with E-state index in [1.54, 1.807) is 6.07 Å². The Bertz CT molecular complexity index is 790. The van der Waals surface area contributed by atoms with Gasteiger partial charge in [-0.1, -0.05) is 42.5 Å². The molecule has 0 amide bonds. The van der Waals surface area contributed by atoms with Gasteiger partial charge >= 0.3 is 5.97 Å². The normalized spacial score (nSPS) is 10.7. The van der Waals surface area contributed by atoms with Crippen molar-refractivity contribution in [3.8, 4) is 5.75 Å². The number of aromatic nitrogens is 1. The lowest BCUT2D eigenvalue weighted by Gasteiger charge is -2.03. The Kier molecular flexibility index (Phi) is 3.36. The van der Waals surface area contributed by atoms with Gasteiger partial charge in [-0.3, -0.25) is 0 Å². The van der Waals surface area contributed by atoms with Gasteiger partial charge in [-0.15, -0.1) is 0 Å². The third kappa shape index (κ3) is 2.36. The highest BCUT2D eigenvalue weighted by Crippen LogP contribution is 2.32. The smallest absolute Gasteiger partial charge is 0.358 e. The van der Waals surface area contributed by atoms with E-state index in [1.165, 1.54) is 12.7 Å². The number of rotatable bonds is 3. The highest BCUT2D eigenvalue weighted by Gasteiger charge is 2.19. The number of ether oxygens (including phenoxy) is 1. The molecule has 3 rings (SSSR count). The van der Waals surface area contributed by atoms with Crippen LogP contribution in [-0.2, 0) is 11.2 Å². The standard InChI is InChI=1S/C17H15NO3/c1-21-17(20)15-16(19)13-9-5-8-12(14(13)18-15)10-11-6-3-2-4-7-11/h2-9,18-19H,10H2,1H3. The van der Waals surface area contributed by atoms with Crippen molar-refractivity contribution >= 4 is 16.9 Å². The Labute approximate surface area is 122 Å². The summed E-state index contributed by atoms with van der Waals surface area (Å²) in [5.41, 5.74) is 3.04. The van der Waals surface area contributed by atoms with E-state index in [0.717, 1.165) is 17.5 Å². The van der Waals surface area contributed by atoms with Gasteiger partial charge in [0.05, 0.1) is 12.6 Å². The molecule has 2 aromatic carbocycles. The van der Waals surface area contributed by atoms with Crippen LogP contribution in [0, 0.1) is 0 Å². The first kappa shape index (κ1) is 13.2. The zero-order valence-corrected chi connectivity index (χ0v) is 11.6. The second-order valence-electron chi connectivity index (χ2n) is 4.84. The van der Waals surface area contributed by atoms with Crippen LogP contribution >= 0.6 is 0 Å². The number of H-pyrrole nitrogens is 1. The van der Waals surface area contributed by atoms with Crippen LogP contribution in [0.2, 0.25) is 0 Å². The van der Waals surface area contributed by atoms with Crippen LogP contribution in [0.15, 0.2) is 48.5 Å². The molecule has 0 unspecified atom stereocenters. The molecule has 0 bridgehead atoms. The highest BCUT2D eigenvalue weighted by atomic mass is 16.5. The number of aromatic amines is 1. The van der Waals surface area contributed by atoms with Crippen LogP contribution in [0.1, 0.15) is 21.6 Å². The van der Waals surface area contributed by atoms with Gasteiger partial charge in [0, 0.05) is 5.39 Å². The molecule has 3 aromatic rings. The minimum absolute atomic E-state index is 0.0632. The van der Waals surface area contributed by atoms with Crippen LogP contribution in [0.4, 0.5) is 0 Å². The number of fused-ring (bicyclic) bond motifs is 1. The summed E-state index contributed by atoms with van der Waals surface area (Å²) in [6.45, 7) is 0. The summed E-state index contributed by atoms with van der Waals surface area (Å²) in [6, 6.07) is 15.7. The van der Waals surface area contributed by atoms with E-state index in [1.807, 2.05) is 42.5 Å². The molecule has 4 heteroatoms. The van der Waals surface area contributed by atoms with Crippen LogP contribution in [0.3, 0.4) is 0 Å². The summed E-state index contributed by atoms with van der Waals surface area (Å²) < 4.78 is 4.67. The molecule has 2 N–H and O–H groups in total. The lowest BCUT2D eigenvalue weighted by Crippen LogP contribution is -2.01. The van der Waals surface area contributed by atoms with Gasteiger partial charge in [-0.2, -0.15) is 0 Å². The summed E-state index contributed by atoms with van der Waals surface area (Å²) >= 11 is 0. The average Bonchev–Trinajstić information content (AvgIpc) is 2.86. The van der Waals surface area contributed by atoms with Crippen molar-refractivity contribution < 1.29 is 14.6 Å². The molecule has 1 aromatic heterocycles. The molecule has 0 saturated heterocycles. The van der Waals surface area contributed by atoms with Crippen molar-refractivity contribution in [2.45, 2.75) is 6.42 Å². The molecule has 0 aliphatic rings. The molecule has 0 saturated carbocycles. The molecular formula is C17H15NO3. The summed E-state index contributed by atoms with van der Waals surface area (Å²) in [5.74, 6) is -0.638. The first-order chi connectivity index (χ1) is 10.2. The molecule has 0 radical (unpaired) electrons. The monoisotopic (exact) mass is 281 g/mol. The number of methoxy groups -OCH3 is 1. The summed E-state index contributed by atoms with van der Waals surface area (Å²) in [6.07, 6.45) is 0.721. The quantitative estimate of drug-likeness (QED) is 0.724.